The van der Waals surface area contributed by atoms with E-state index < -0.39 is 85.7 Å². The molecule has 6 rings (SSSR count). The fourth-order valence-electron chi connectivity index (χ4n) is 5.76. The van der Waals surface area contributed by atoms with Gasteiger partial charge >= 0.3 is 11.6 Å². The van der Waals surface area contributed by atoms with E-state index in [0.29, 0.717) is 0 Å². The third-order valence-electron chi connectivity index (χ3n) is 8.27. The van der Waals surface area contributed by atoms with Crippen LogP contribution in [0.15, 0.2) is 75.5 Å². The number of fused-ring (bicyclic) bond motifs is 2. The minimum absolute atomic E-state index is 0.0226. The lowest BCUT2D eigenvalue weighted by Gasteiger charge is -2.44. The molecule has 2 atom stereocenters. The van der Waals surface area contributed by atoms with E-state index in [4.69, 9.17) is 18.6 Å². The maximum Gasteiger partial charge on any atom is 0.345 e. The fourth-order valence-corrected chi connectivity index (χ4v) is 5.76. The average molecular weight is 703 g/mol. The van der Waals surface area contributed by atoms with E-state index in [9.17, 15) is 55.5 Å². The van der Waals surface area contributed by atoms with E-state index in [-0.39, 0.29) is 40.0 Å². The predicted molar refractivity (Wildman–Crippen MR) is 177 cm³/mol. The van der Waals surface area contributed by atoms with Gasteiger partial charge in [0.1, 0.15) is 45.3 Å². The van der Waals surface area contributed by atoms with Crippen molar-refractivity contribution in [2.75, 3.05) is 7.11 Å². The third-order valence-corrected chi connectivity index (χ3v) is 8.27. The monoisotopic (exact) mass is 702 g/mol. The number of hydrogen-bond donors (Lipinski definition) is 9. The maximum atomic E-state index is 14.0. The van der Waals surface area contributed by atoms with Crippen molar-refractivity contribution >= 4 is 16.8 Å². The van der Waals surface area contributed by atoms with Gasteiger partial charge in [-0.3, -0.25) is 9.59 Å². The molecule has 0 saturated carbocycles. The number of carbonyl (C=O) groups is 1. The molecule has 51 heavy (non-hydrogen) atoms. The van der Waals surface area contributed by atoms with Crippen LogP contribution >= 0.6 is 0 Å². The Balaban J connectivity index is 1.59. The highest BCUT2D eigenvalue weighted by molar-refractivity contribution is 6.08. The zero-order valence-electron chi connectivity index (χ0n) is 27.0. The summed E-state index contributed by atoms with van der Waals surface area (Å²) in [5.41, 5.74) is -1.52. The van der Waals surface area contributed by atoms with Crippen LogP contribution in [-0.4, -0.2) is 64.6 Å². The number of carbonyl (C=O) groups excluding carboxylic acids is 1. The van der Waals surface area contributed by atoms with Gasteiger partial charge < -0.3 is 64.6 Å². The number of aromatic hydroxyl groups is 7. The lowest BCUT2D eigenvalue weighted by Crippen LogP contribution is -2.66. The van der Waals surface area contributed by atoms with Crippen molar-refractivity contribution in [1.82, 2.24) is 0 Å². The highest BCUT2D eigenvalue weighted by Gasteiger charge is 2.66. The number of phenols is 7. The Bertz CT molecular complexity index is 2350. The van der Waals surface area contributed by atoms with Crippen LogP contribution in [0.4, 0.5) is 0 Å². The first-order valence-corrected chi connectivity index (χ1v) is 15.0. The van der Waals surface area contributed by atoms with Gasteiger partial charge in [0.15, 0.2) is 28.8 Å². The van der Waals surface area contributed by atoms with Crippen LogP contribution in [-0.2, 0) is 12.2 Å². The maximum absolute atomic E-state index is 14.0. The molecule has 1 aromatic heterocycles. The van der Waals surface area contributed by atoms with Gasteiger partial charge in [0.05, 0.1) is 7.11 Å². The molecule has 5 aromatic rings. The lowest BCUT2D eigenvalue weighted by molar-refractivity contribution is -0.316. The number of benzene rings is 4. The van der Waals surface area contributed by atoms with E-state index in [1.165, 1.54) is 13.2 Å². The van der Waals surface area contributed by atoms with Gasteiger partial charge in [-0.2, -0.15) is 0 Å². The molecule has 1 aliphatic heterocycles. The summed E-state index contributed by atoms with van der Waals surface area (Å²) in [6.45, 7) is 3.52. The molecule has 0 saturated heterocycles. The molecule has 2 heterocycles. The van der Waals surface area contributed by atoms with Gasteiger partial charge in [-0.05, 0) is 50.6 Å². The molecule has 15 heteroatoms. The van der Waals surface area contributed by atoms with Crippen LogP contribution in [0, 0.1) is 0 Å². The SMILES string of the molecule is COc1c(-c2ccc(OC3(O)C(=O)c4c(O)cc(O)cc4OC3(O)c3ccc(O)c(O)c3)c(O)c2CC=C(C)C)oc2cc(O)cc(O)c2c1=O. The van der Waals surface area contributed by atoms with Crippen molar-refractivity contribution in [2.45, 2.75) is 31.8 Å². The van der Waals surface area contributed by atoms with Gasteiger partial charge in [0.25, 0.3) is 0 Å². The van der Waals surface area contributed by atoms with Crippen molar-refractivity contribution in [2.24, 2.45) is 0 Å². The van der Waals surface area contributed by atoms with Crippen molar-refractivity contribution < 1.29 is 69.4 Å². The summed E-state index contributed by atoms with van der Waals surface area (Å²) < 4.78 is 22.6. The first kappa shape index (κ1) is 34.3. The number of ketones is 1. The molecule has 1 aliphatic rings. The van der Waals surface area contributed by atoms with Crippen molar-refractivity contribution in [3.8, 4) is 68.8 Å². The van der Waals surface area contributed by atoms with Crippen molar-refractivity contribution in [1.29, 1.82) is 0 Å². The van der Waals surface area contributed by atoms with Crippen molar-refractivity contribution in [3.63, 3.8) is 0 Å². The van der Waals surface area contributed by atoms with E-state index in [2.05, 4.69) is 0 Å². The Morgan fingerprint density at radius 1 is 0.824 bits per heavy atom. The van der Waals surface area contributed by atoms with Gasteiger partial charge in [0.2, 0.25) is 17.0 Å². The Hall–Kier alpha value is -6.58. The van der Waals surface area contributed by atoms with Crippen LogP contribution in [0.25, 0.3) is 22.3 Å². The van der Waals surface area contributed by atoms with Crippen LogP contribution in [0.1, 0.15) is 35.3 Å². The molecule has 0 radical (unpaired) electrons. The van der Waals surface area contributed by atoms with E-state index in [1.807, 2.05) is 0 Å². The van der Waals surface area contributed by atoms with Crippen molar-refractivity contribution in [3.05, 3.63) is 93.2 Å². The van der Waals surface area contributed by atoms with Crippen LogP contribution in [0.5, 0.6) is 57.5 Å². The minimum atomic E-state index is -3.56. The molecule has 264 valence electrons. The second kappa shape index (κ2) is 12.1. The minimum Gasteiger partial charge on any atom is -0.508 e. The number of rotatable bonds is 7. The molecule has 0 aliphatic carbocycles. The molecule has 0 bridgehead atoms. The zero-order chi connectivity index (χ0) is 37.2. The van der Waals surface area contributed by atoms with Gasteiger partial charge in [-0.15, -0.1) is 0 Å². The zero-order valence-corrected chi connectivity index (χ0v) is 27.0. The lowest BCUT2D eigenvalue weighted by atomic mass is 9.86. The highest BCUT2D eigenvalue weighted by atomic mass is 16.7. The fraction of sp³-hybridized carbons (Fsp3) is 0.167. The number of phenolic OH excluding ortho intramolecular Hbond substituents is 7. The van der Waals surface area contributed by atoms with E-state index >= 15 is 0 Å². The van der Waals surface area contributed by atoms with Crippen LogP contribution in [0.2, 0.25) is 0 Å². The molecule has 0 amide bonds. The highest BCUT2D eigenvalue weighted by Crippen LogP contribution is 2.51. The molecule has 2 unspecified atom stereocenters. The summed E-state index contributed by atoms with van der Waals surface area (Å²) in [5.74, 6) is -14.9. The smallest absolute Gasteiger partial charge is 0.345 e. The molecule has 0 spiro atoms. The summed E-state index contributed by atoms with van der Waals surface area (Å²) in [6.07, 6.45) is 1.59. The first-order valence-electron chi connectivity index (χ1n) is 15.0. The summed E-state index contributed by atoms with van der Waals surface area (Å²) in [7, 11) is 1.17. The second-order valence-corrected chi connectivity index (χ2v) is 11.9. The summed E-state index contributed by atoms with van der Waals surface area (Å²) in [4.78, 5) is 27.5. The molecule has 15 nitrogen and oxygen atoms in total. The Morgan fingerprint density at radius 2 is 1.51 bits per heavy atom. The number of methoxy groups -OCH3 is 1. The largest absolute Gasteiger partial charge is 0.508 e. The van der Waals surface area contributed by atoms with Gasteiger partial charge in [-0.1, -0.05) is 11.6 Å². The Morgan fingerprint density at radius 3 is 2.18 bits per heavy atom. The van der Waals surface area contributed by atoms with Crippen LogP contribution < -0.4 is 19.6 Å². The van der Waals surface area contributed by atoms with Gasteiger partial charge in [0, 0.05) is 41.0 Å². The summed E-state index contributed by atoms with van der Waals surface area (Å²) >= 11 is 0. The standard InChI is InChI=1S/C36H30O15/c1-15(2)4-6-19-20(32-33(48-3)31(44)28-23(41)11-17(37)13-26(28)49-32)7-9-25(30(19)43)50-36(47)34(45)29-24(42)12-18(38)14-27(29)51-35(36,46)16-5-8-21(39)22(40)10-16/h4-5,7-14,37-43,46-47H,6H2,1-3H3. The van der Waals surface area contributed by atoms with E-state index in [0.717, 1.165) is 54.1 Å². The van der Waals surface area contributed by atoms with Gasteiger partial charge in [-0.25, -0.2) is 0 Å². The topological polar surface area (TPSA) is 257 Å². The number of allylic oxidation sites excluding steroid dienone is 2. The normalized spacial score (nSPS) is 18.2. The average Bonchev–Trinajstić information content (AvgIpc) is 3.04. The summed E-state index contributed by atoms with van der Waals surface area (Å²) in [6, 6.07) is 8.65. The Kier molecular flexibility index (Phi) is 8.12. The number of Topliss-reactive ketones (excluding diaryl/α,β-unsaturated/α-hetero) is 1. The predicted octanol–water partition coefficient (Wildman–Crippen LogP) is 4.10. The number of aliphatic hydroxyl groups is 2. The molecule has 0 fully saturated rings. The number of hydrogen-bond acceptors (Lipinski definition) is 15. The van der Waals surface area contributed by atoms with Crippen LogP contribution in [0.3, 0.4) is 0 Å². The van der Waals surface area contributed by atoms with E-state index in [1.54, 1.807) is 19.9 Å². The second-order valence-electron chi connectivity index (χ2n) is 11.9. The Labute approximate surface area is 286 Å². The molecular weight excluding hydrogens is 672 g/mol. The first-order chi connectivity index (χ1) is 24.0. The molecule has 9 N–H and O–H groups in total. The molecule has 4 aromatic carbocycles. The quantitative estimate of drug-likeness (QED) is 0.0657. The molecular formula is C36H30O15. The summed E-state index contributed by atoms with van der Waals surface area (Å²) in [5, 5.41) is 96.6. The third kappa shape index (κ3) is 5.40. The number of ether oxygens (including phenoxy) is 3.